The third-order valence-electron chi connectivity index (χ3n) is 3.30. The van der Waals surface area contributed by atoms with Gasteiger partial charge >= 0.3 is 0 Å². The lowest BCUT2D eigenvalue weighted by molar-refractivity contribution is -0.121. The summed E-state index contributed by atoms with van der Waals surface area (Å²) in [6.07, 6.45) is 1.37. The Hall–Kier alpha value is -1.59. The summed E-state index contributed by atoms with van der Waals surface area (Å²) in [4.78, 5) is 11.9. The van der Waals surface area contributed by atoms with Crippen molar-refractivity contribution in [2.24, 2.45) is 0 Å². The fourth-order valence-corrected chi connectivity index (χ4v) is 2.37. The summed E-state index contributed by atoms with van der Waals surface area (Å²) in [5.74, 6) is 0.0538. The number of halogens is 1. The predicted octanol–water partition coefficient (Wildman–Crippen LogP) is 1.01. The summed E-state index contributed by atoms with van der Waals surface area (Å²) in [5.41, 5.74) is 1.79. The molecule has 0 radical (unpaired) electrons. The Kier molecular flexibility index (Phi) is 4.39. The smallest absolute Gasteiger partial charge is 0.226 e. The van der Waals surface area contributed by atoms with Crippen LogP contribution in [0.2, 0.25) is 0 Å². The highest BCUT2D eigenvalue weighted by molar-refractivity contribution is 5.87. The zero-order chi connectivity index (χ0) is 12.4. The van der Waals surface area contributed by atoms with Crippen molar-refractivity contribution in [3.63, 3.8) is 0 Å². The van der Waals surface area contributed by atoms with E-state index in [0.717, 1.165) is 36.1 Å². The van der Waals surface area contributed by atoms with Crippen LogP contribution in [0.15, 0.2) is 24.3 Å². The number of H-pyrrole nitrogens is 1. The summed E-state index contributed by atoms with van der Waals surface area (Å²) < 4.78 is 0. The van der Waals surface area contributed by atoms with E-state index in [2.05, 4.69) is 20.8 Å². The largest absolute Gasteiger partial charge is 0.352 e. The number of nitrogens with zero attached hydrogens (tertiary/aromatic N) is 1. The molecule has 1 aliphatic heterocycles. The maximum Gasteiger partial charge on any atom is 0.226 e. The van der Waals surface area contributed by atoms with Crippen molar-refractivity contribution in [2.45, 2.75) is 18.9 Å². The summed E-state index contributed by atoms with van der Waals surface area (Å²) in [6, 6.07) is 8.09. The minimum absolute atomic E-state index is 0. The van der Waals surface area contributed by atoms with Gasteiger partial charge in [0.15, 0.2) is 0 Å². The number of hydrogen-bond acceptors (Lipinski definition) is 3. The fourth-order valence-electron chi connectivity index (χ4n) is 2.37. The van der Waals surface area contributed by atoms with Crippen molar-refractivity contribution in [3.8, 4) is 0 Å². The molecule has 3 N–H and O–H groups in total. The van der Waals surface area contributed by atoms with E-state index >= 15 is 0 Å². The zero-order valence-corrected chi connectivity index (χ0v) is 11.3. The summed E-state index contributed by atoms with van der Waals surface area (Å²) >= 11 is 0. The molecule has 1 aromatic carbocycles. The van der Waals surface area contributed by atoms with Gasteiger partial charge in [0.25, 0.3) is 0 Å². The highest BCUT2D eigenvalue weighted by atomic mass is 35.5. The zero-order valence-electron chi connectivity index (χ0n) is 10.5. The molecule has 2 heterocycles. The Morgan fingerprint density at radius 1 is 1.42 bits per heavy atom. The second-order valence-corrected chi connectivity index (χ2v) is 4.65. The molecule has 1 saturated heterocycles. The van der Waals surface area contributed by atoms with E-state index in [-0.39, 0.29) is 24.4 Å². The highest BCUT2D eigenvalue weighted by Crippen LogP contribution is 2.15. The van der Waals surface area contributed by atoms with E-state index in [9.17, 15) is 4.79 Å². The minimum Gasteiger partial charge on any atom is -0.352 e. The lowest BCUT2D eigenvalue weighted by atomic mass is 10.1. The summed E-state index contributed by atoms with van der Waals surface area (Å²) in [6.45, 7) is 1.85. The molecule has 19 heavy (non-hydrogen) atoms. The van der Waals surface area contributed by atoms with Gasteiger partial charge in [-0.3, -0.25) is 9.89 Å². The molecule has 102 valence electrons. The lowest BCUT2D eigenvalue weighted by Gasteiger charge is -2.10. The topological polar surface area (TPSA) is 69.8 Å². The summed E-state index contributed by atoms with van der Waals surface area (Å²) in [5, 5.41) is 14.4. The first-order chi connectivity index (χ1) is 8.83. The van der Waals surface area contributed by atoms with Crippen molar-refractivity contribution < 1.29 is 4.79 Å². The van der Waals surface area contributed by atoms with Gasteiger partial charge in [0.2, 0.25) is 5.91 Å². The monoisotopic (exact) mass is 280 g/mol. The molecule has 1 amide bonds. The van der Waals surface area contributed by atoms with Gasteiger partial charge in [-0.2, -0.15) is 5.10 Å². The van der Waals surface area contributed by atoms with Crippen LogP contribution in [0.5, 0.6) is 0 Å². The fraction of sp³-hybridized carbons (Fsp3) is 0.385. The average Bonchev–Trinajstić information content (AvgIpc) is 3.00. The number of aromatic nitrogens is 2. The Bertz CT molecular complexity index is 563. The number of nitrogens with one attached hydrogen (secondary N) is 3. The van der Waals surface area contributed by atoms with Crippen LogP contribution in [0.4, 0.5) is 0 Å². The SMILES string of the molecule is Cl.O=C(Cc1[nH]nc2ccccc12)NC1CCNC1. The molecule has 5 nitrogen and oxygen atoms in total. The molecule has 0 saturated carbocycles. The van der Waals surface area contributed by atoms with Gasteiger partial charge in [-0.05, 0) is 19.0 Å². The number of fused-ring (bicyclic) bond motifs is 1. The number of amides is 1. The average molecular weight is 281 g/mol. The van der Waals surface area contributed by atoms with Gasteiger partial charge in [-0.25, -0.2) is 0 Å². The quantitative estimate of drug-likeness (QED) is 0.786. The van der Waals surface area contributed by atoms with Crippen LogP contribution < -0.4 is 10.6 Å². The Morgan fingerprint density at radius 2 is 2.26 bits per heavy atom. The maximum atomic E-state index is 11.9. The van der Waals surface area contributed by atoms with Gasteiger partial charge in [-0.15, -0.1) is 12.4 Å². The van der Waals surface area contributed by atoms with Crippen LogP contribution in [0.3, 0.4) is 0 Å². The molecular formula is C13H17ClN4O. The van der Waals surface area contributed by atoms with E-state index in [1.807, 2.05) is 24.3 Å². The number of carbonyl (C=O) groups is 1. The van der Waals surface area contributed by atoms with Crippen molar-refractivity contribution in [1.82, 2.24) is 20.8 Å². The number of rotatable bonds is 3. The molecule has 1 atom stereocenters. The number of para-hydroxylation sites is 1. The first kappa shape index (κ1) is 13.8. The van der Waals surface area contributed by atoms with Crippen molar-refractivity contribution in [3.05, 3.63) is 30.0 Å². The van der Waals surface area contributed by atoms with E-state index in [4.69, 9.17) is 0 Å². The van der Waals surface area contributed by atoms with Crippen LogP contribution in [-0.4, -0.2) is 35.2 Å². The third kappa shape index (κ3) is 3.05. The van der Waals surface area contributed by atoms with Gasteiger partial charge in [0.05, 0.1) is 17.6 Å². The first-order valence-corrected chi connectivity index (χ1v) is 6.25. The van der Waals surface area contributed by atoms with Crippen molar-refractivity contribution in [1.29, 1.82) is 0 Å². The van der Waals surface area contributed by atoms with Gasteiger partial charge < -0.3 is 10.6 Å². The van der Waals surface area contributed by atoms with Gasteiger partial charge in [0.1, 0.15) is 0 Å². The number of aromatic amines is 1. The predicted molar refractivity (Wildman–Crippen MR) is 76.5 cm³/mol. The molecule has 6 heteroatoms. The van der Waals surface area contributed by atoms with Crippen LogP contribution >= 0.6 is 12.4 Å². The lowest BCUT2D eigenvalue weighted by Crippen LogP contribution is -2.37. The minimum atomic E-state index is 0. The molecule has 0 bridgehead atoms. The van der Waals surface area contributed by atoms with Gasteiger partial charge in [0, 0.05) is 18.0 Å². The van der Waals surface area contributed by atoms with Crippen LogP contribution in [0.1, 0.15) is 12.1 Å². The third-order valence-corrected chi connectivity index (χ3v) is 3.30. The summed E-state index contributed by atoms with van der Waals surface area (Å²) in [7, 11) is 0. The second kappa shape index (κ2) is 6.04. The molecule has 1 aliphatic rings. The molecule has 0 aliphatic carbocycles. The number of hydrogen-bond donors (Lipinski definition) is 3. The maximum absolute atomic E-state index is 11.9. The molecule has 2 aromatic rings. The van der Waals surface area contributed by atoms with Crippen LogP contribution in [0.25, 0.3) is 10.9 Å². The van der Waals surface area contributed by atoms with Crippen molar-refractivity contribution in [2.75, 3.05) is 13.1 Å². The standard InChI is InChI=1S/C13H16N4O.ClH/c18-13(15-9-5-6-14-8-9)7-12-10-3-1-2-4-11(10)16-17-12;/h1-4,9,14H,5-8H2,(H,15,18)(H,16,17);1H. The second-order valence-electron chi connectivity index (χ2n) is 4.65. The first-order valence-electron chi connectivity index (χ1n) is 6.25. The Labute approximate surface area is 117 Å². The van der Waals surface area contributed by atoms with Gasteiger partial charge in [-0.1, -0.05) is 18.2 Å². The Balaban J connectivity index is 0.00000133. The molecule has 1 aromatic heterocycles. The molecule has 1 fully saturated rings. The molecule has 0 spiro atoms. The highest BCUT2D eigenvalue weighted by Gasteiger charge is 2.17. The molecule has 3 rings (SSSR count). The van der Waals surface area contributed by atoms with E-state index in [1.165, 1.54) is 0 Å². The van der Waals surface area contributed by atoms with Crippen LogP contribution in [0, 0.1) is 0 Å². The molecule has 1 unspecified atom stereocenters. The van der Waals surface area contributed by atoms with E-state index in [1.54, 1.807) is 0 Å². The van der Waals surface area contributed by atoms with Crippen LogP contribution in [-0.2, 0) is 11.2 Å². The Morgan fingerprint density at radius 3 is 3.05 bits per heavy atom. The van der Waals surface area contributed by atoms with Crippen molar-refractivity contribution >= 4 is 29.2 Å². The van der Waals surface area contributed by atoms with E-state index < -0.39 is 0 Å². The number of carbonyl (C=O) groups excluding carboxylic acids is 1. The normalized spacial score (nSPS) is 18.2. The number of benzene rings is 1. The van der Waals surface area contributed by atoms with E-state index in [0.29, 0.717) is 6.42 Å². The molecular weight excluding hydrogens is 264 g/mol.